The summed E-state index contributed by atoms with van der Waals surface area (Å²) in [5, 5.41) is 5.80. The van der Waals surface area contributed by atoms with Gasteiger partial charge in [0.1, 0.15) is 11.6 Å². The number of para-hydroxylation sites is 1. The van der Waals surface area contributed by atoms with E-state index in [0.717, 1.165) is 5.56 Å². The zero-order valence-corrected chi connectivity index (χ0v) is 9.66. The maximum absolute atomic E-state index is 13.6. The van der Waals surface area contributed by atoms with Gasteiger partial charge in [0.25, 0.3) is 0 Å². The van der Waals surface area contributed by atoms with E-state index in [-0.39, 0.29) is 5.82 Å². The maximum atomic E-state index is 13.6. The third-order valence-electron chi connectivity index (χ3n) is 2.37. The lowest BCUT2D eigenvalue weighted by atomic mass is 10.2. The Morgan fingerprint density at radius 3 is 2.65 bits per heavy atom. The fraction of sp³-hybridized carbons (Fsp3) is 0.167. The maximum Gasteiger partial charge on any atom is 0.151 e. The molecule has 0 saturated heterocycles. The smallest absolute Gasteiger partial charge is 0.151 e. The van der Waals surface area contributed by atoms with E-state index in [4.69, 9.17) is 0 Å². The predicted octanol–water partition coefficient (Wildman–Crippen LogP) is 2.71. The molecule has 5 heteroatoms. The first-order valence-electron chi connectivity index (χ1n) is 5.22. The predicted molar refractivity (Wildman–Crippen MR) is 66.0 cm³/mol. The highest BCUT2D eigenvalue weighted by Gasteiger charge is 2.06. The number of rotatable bonds is 3. The quantitative estimate of drug-likeness (QED) is 0.854. The van der Waals surface area contributed by atoms with Gasteiger partial charge in [-0.05, 0) is 18.6 Å². The van der Waals surface area contributed by atoms with Gasteiger partial charge in [0.2, 0.25) is 0 Å². The molecule has 2 aromatic rings. The Hall–Kier alpha value is -2.17. The fourth-order valence-electron chi connectivity index (χ4n) is 1.46. The van der Waals surface area contributed by atoms with Crippen LogP contribution in [0, 0.1) is 12.7 Å². The molecular weight excluding hydrogens is 219 g/mol. The van der Waals surface area contributed by atoms with Gasteiger partial charge in [-0.25, -0.2) is 9.37 Å². The van der Waals surface area contributed by atoms with Gasteiger partial charge < -0.3 is 10.6 Å². The van der Waals surface area contributed by atoms with Crippen LogP contribution in [0.2, 0.25) is 0 Å². The van der Waals surface area contributed by atoms with Crippen molar-refractivity contribution < 1.29 is 4.39 Å². The minimum Gasteiger partial charge on any atom is -0.372 e. The van der Waals surface area contributed by atoms with Crippen LogP contribution in [-0.2, 0) is 0 Å². The van der Waals surface area contributed by atoms with Crippen LogP contribution in [0.5, 0.6) is 0 Å². The highest BCUT2D eigenvalue weighted by Crippen LogP contribution is 2.22. The first-order chi connectivity index (χ1) is 8.20. The molecule has 0 aliphatic carbocycles. The van der Waals surface area contributed by atoms with Crippen LogP contribution in [0.25, 0.3) is 0 Å². The Balaban J connectivity index is 2.31. The molecule has 1 aromatic carbocycles. The second-order valence-electron chi connectivity index (χ2n) is 3.60. The zero-order valence-electron chi connectivity index (χ0n) is 9.66. The molecule has 1 aromatic heterocycles. The molecule has 0 bridgehead atoms. The molecule has 0 fully saturated rings. The number of hydrogen-bond donors (Lipinski definition) is 2. The van der Waals surface area contributed by atoms with E-state index in [0.29, 0.717) is 17.3 Å². The summed E-state index contributed by atoms with van der Waals surface area (Å²) in [6.07, 6.45) is 3.14. The Kier molecular flexibility index (Phi) is 3.18. The summed E-state index contributed by atoms with van der Waals surface area (Å²) in [4.78, 5) is 8.22. The topological polar surface area (TPSA) is 49.8 Å². The average Bonchev–Trinajstić information content (AvgIpc) is 2.34. The lowest BCUT2D eigenvalue weighted by Crippen LogP contribution is -2.01. The van der Waals surface area contributed by atoms with Crippen molar-refractivity contribution in [2.75, 3.05) is 17.7 Å². The van der Waals surface area contributed by atoms with Crippen LogP contribution in [0.15, 0.2) is 30.6 Å². The molecule has 0 unspecified atom stereocenters. The molecule has 0 aliphatic heterocycles. The number of aryl methyl sites for hydroxylation is 1. The van der Waals surface area contributed by atoms with Crippen molar-refractivity contribution in [2.24, 2.45) is 0 Å². The molecular formula is C12H13FN4. The minimum atomic E-state index is -0.304. The molecule has 0 atom stereocenters. The fourth-order valence-corrected chi connectivity index (χ4v) is 1.46. The molecule has 2 N–H and O–H groups in total. The average molecular weight is 232 g/mol. The van der Waals surface area contributed by atoms with Crippen molar-refractivity contribution in [3.63, 3.8) is 0 Å². The first kappa shape index (κ1) is 11.3. The number of hydrogen-bond acceptors (Lipinski definition) is 4. The van der Waals surface area contributed by atoms with Gasteiger partial charge in [0.15, 0.2) is 5.82 Å². The van der Waals surface area contributed by atoms with Gasteiger partial charge in [-0.3, -0.25) is 4.98 Å². The molecule has 2 rings (SSSR count). The summed E-state index contributed by atoms with van der Waals surface area (Å²) in [7, 11) is 1.75. The molecule has 0 aliphatic rings. The van der Waals surface area contributed by atoms with E-state index in [9.17, 15) is 4.39 Å². The van der Waals surface area contributed by atoms with Gasteiger partial charge in [0.05, 0.1) is 18.1 Å². The zero-order chi connectivity index (χ0) is 12.3. The van der Waals surface area contributed by atoms with Crippen LogP contribution in [0.4, 0.5) is 21.7 Å². The Labute approximate surface area is 98.9 Å². The number of aromatic nitrogens is 2. The SMILES string of the molecule is CNc1cncc(Nc2c(C)cccc2F)n1. The molecule has 88 valence electrons. The summed E-state index contributed by atoms with van der Waals surface area (Å²) in [5.41, 5.74) is 1.25. The van der Waals surface area contributed by atoms with Crippen LogP contribution < -0.4 is 10.6 Å². The van der Waals surface area contributed by atoms with Crippen LogP contribution >= 0.6 is 0 Å². The summed E-state index contributed by atoms with van der Waals surface area (Å²) in [6.45, 7) is 1.83. The van der Waals surface area contributed by atoms with Crippen molar-refractivity contribution in [3.8, 4) is 0 Å². The third kappa shape index (κ3) is 2.50. The van der Waals surface area contributed by atoms with Crippen molar-refractivity contribution in [2.45, 2.75) is 6.92 Å². The molecule has 0 amide bonds. The van der Waals surface area contributed by atoms with Crippen LogP contribution in [-0.4, -0.2) is 17.0 Å². The third-order valence-corrected chi connectivity index (χ3v) is 2.37. The highest BCUT2D eigenvalue weighted by molar-refractivity contribution is 5.61. The van der Waals surface area contributed by atoms with Crippen molar-refractivity contribution in [1.82, 2.24) is 9.97 Å². The van der Waals surface area contributed by atoms with Gasteiger partial charge in [-0.1, -0.05) is 12.1 Å². The summed E-state index contributed by atoms with van der Waals surface area (Å²) < 4.78 is 13.6. The molecule has 1 heterocycles. The van der Waals surface area contributed by atoms with Gasteiger partial charge in [-0.15, -0.1) is 0 Å². The summed E-state index contributed by atoms with van der Waals surface area (Å²) >= 11 is 0. The standard InChI is InChI=1S/C12H13FN4/c1-8-4-3-5-9(13)12(8)17-11-7-15-6-10(14-2)16-11/h3-7H,1-2H3,(H2,14,16,17). The van der Waals surface area contributed by atoms with Crippen molar-refractivity contribution in [1.29, 1.82) is 0 Å². The van der Waals surface area contributed by atoms with E-state index in [2.05, 4.69) is 20.6 Å². The second-order valence-corrected chi connectivity index (χ2v) is 3.60. The monoisotopic (exact) mass is 232 g/mol. The normalized spacial score (nSPS) is 10.1. The molecule has 0 spiro atoms. The van der Waals surface area contributed by atoms with Crippen molar-refractivity contribution >= 4 is 17.3 Å². The number of nitrogens with zero attached hydrogens (tertiary/aromatic N) is 2. The summed E-state index contributed by atoms with van der Waals surface area (Å²) in [6, 6.07) is 4.91. The van der Waals surface area contributed by atoms with Gasteiger partial charge >= 0.3 is 0 Å². The molecule has 4 nitrogen and oxygen atoms in total. The van der Waals surface area contributed by atoms with Gasteiger partial charge in [-0.2, -0.15) is 0 Å². The number of anilines is 3. The van der Waals surface area contributed by atoms with E-state index in [1.807, 2.05) is 13.0 Å². The lowest BCUT2D eigenvalue weighted by molar-refractivity contribution is 0.631. The highest BCUT2D eigenvalue weighted by atomic mass is 19.1. The van der Waals surface area contributed by atoms with Crippen molar-refractivity contribution in [3.05, 3.63) is 42.0 Å². The van der Waals surface area contributed by atoms with Crippen LogP contribution in [0.3, 0.4) is 0 Å². The number of halogens is 1. The number of nitrogens with one attached hydrogen (secondary N) is 2. The second kappa shape index (κ2) is 4.78. The largest absolute Gasteiger partial charge is 0.372 e. The Morgan fingerprint density at radius 1 is 1.18 bits per heavy atom. The molecule has 17 heavy (non-hydrogen) atoms. The molecule has 0 radical (unpaired) electrons. The van der Waals surface area contributed by atoms with E-state index in [1.165, 1.54) is 6.07 Å². The lowest BCUT2D eigenvalue weighted by Gasteiger charge is -2.10. The summed E-state index contributed by atoms with van der Waals surface area (Å²) in [5.74, 6) is 0.829. The van der Waals surface area contributed by atoms with E-state index in [1.54, 1.807) is 25.5 Å². The Morgan fingerprint density at radius 2 is 1.94 bits per heavy atom. The molecule has 0 saturated carbocycles. The van der Waals surface area contributed by atoms with Crippen LogP contribution in [0.1, 0.15) is 5.56 Å². The van der Waals surface area contributed by atoms with E-state index < -0.39 is 0 Å². The first-order valence-corrected chi connectivity index (χ1v) is 5.22. The van der Waals surface area contributed by atoms with E-state index >= 15 is 0 Å². The van der Waals surface area contributed by atoms with Gasteiger partial charge in [0, 0.05) is 7.05 Å². The number of benzene rings is 1. The Bertz CT molecular complexity index is 507. The minimum absolute atomic E-state index is 0.304.